The molecule has 0 unspecified atom stereocenters. The van der Waals surface area contributed by atoms with Crippen molar-refractivity contribution in [3.63, 3.8) is 0 Å². The highest BCUT2D eigenvalue weighted by Gasteiger charge is 2.81. The van der Waals surface area contributed by atoms with Crippen molar-refractivity contribution in [3.8, 4) is 22.6 Å². The van der Waals surface area contributed by atoms with E-state index in [1.54, 1.807) is 13.0 Å². The quantitative estimate of drug-likeness (QED) is 0.0866. The summed E-state index contributed by atoms with van der Waals surface area (Å²) in [5, 5.41) is 0. The average Bonchev–Trinajstić information content (AvgIpc) is 3.26. The smallest absolute Gasteiger partial charge is 0.460 e. The van der Waals surface area contributed by atoms with Crippen LogP contribution in [-0.2, 0) is 14.3 Å². The van der Waals surface area contributed by atoms with Crippen molar-refractivity contribution in [2.75, 3.05) is 6.61 Å². The van der Waals surface area contributed by atoms with Gasteiger partial charge in [-0.25, -0.2) is 9.18 Å². The number of unbranched alkanes of at least 4 members (excludes halogenated alkanes) is 2. The third-order valence-corrected chi connectivity index (χ3v) is 7.63. The Labute approximate surface area is 258 Å². The van der Waals surface area contributed by atoms with Crippen LogP contribution < -0.4 is 9.47 Å². The lowest BCUT2D eigenvalue weighted by Gasteiger charge is -2.33. The highest BCUT2D eigenvalue weighted by atomic mass is 19.4. The van der Waals surface area contributed by atoms with Crippen LogP contribution in [0.2, 0.25) is 0 Å². The molecule has 256 valence electrons. The van der Waals surface area contributed by atoms with Crippen LogP contribution in [0.5, 0.6) is 11.5 Å². The molecule has 1 aliphatic heterocycles. The van der Waals surface area contributed by atoms with Crippen LogP contribution in [0.4, 0.5) is 43.9 Å². The molecule has 0 radical (unpaired) electrons. The molecular weight excluding hydrogens is 642 g/mol. The zero-order chi connectivity index (χ0) is 34.7. The molecule has 0 amide bonds. The molecule has 0 saturated carbocycles. The van der Waals surface area contributed by atoms with Gasteiger partial charge in [-0.1, -0.05) is 31.9 Å². The second kappa shape index (κ2) is 13.7. The summed E-state index contributed by atoms with van der Waals surface area (Å²) < 4.78 is 147. The minimum atomic E-state index is -6.95. The number of aryl methyl sites for hydroxylation is 1. The Bertz CT molecular complexity index is 1410. The Kier molecular flexibility index (Phi) is 11.0. The van der Waals surface area contributed by atoms with Crippen LogP contribution in [0.1, 0.15) is 64.4 Å². The lowest BCUT2D eigenvalue weighted by Crippen LogP contribution is -2.60. The fourth-order valence-corrected chi connectivity index (χ4v) is 4.84. The van der Waals surface area contributed by atoms with E-state index in [0.29, 0.717) is 23.1 Å². The number of alkyl halides is 9. The van der Waals surface area contributed by atoms with Gasteiger partial charge in [0.1, 0.15) is 5.75 Å². The molecule has 5 nitrogen and oxygen atoms in total. The van der Waals surface area contributed by atoms with Crippen molar-refractivity contribution >= 4 is 11.9 Å². The van der Waals surface area contributed by atoms with Crippen LogP contribution in [-0.4, -0.2) is 48.1 Å². The van der Waals surface area contributed by atoms with Crippen molar-refractivity contribution in [1.82, 2.24) is 0 Å². The van der Waals surface area contributed by atoms with Gasteiger partial charge < -0.3 is 14.2 Å². The molecule has 15 heteroatoms. The Morgan fingerprint density at radius 3 is 2.09 bits per heavy atom. The predicted molar refractivity (Wildman–Crippen MR) is 145 cm³/mol. The van der Waals surface area contributed by atoms with E-state index in [1.807, 2.05) is 6.92 Å². The maximum atomic E-state index is 14.7. The number of benzene rings is 2. The van der Waals surface area contributed by atoms with E-state index in [1.165, 1.54) is 31.2 Å². The monoisotopic (exact) mass is 674 g/mol. The first-order valence-electron chi connectivity index (χ1n) is 14.4. The molecule has 0 N–H and O–H groups in total. The Hall–Kier alpha value is -3.52. The number of esters is 2. The Balaban J connectivity index is 1.57. The molecule has 2 aromatic carbocycles. The van der Waals surface area contributed by atoms with E-state index in [9.17, 15) is 53.5 Å². The highest BCUT2D eigenvalue weighted by molar-refractivity contribution is 5.89. The number of rotatable bonds is 14. The molecule has 2 aromatic rings. The molecule has 0 bridgehead atoms. The van der Waals surface area contributed by atoms with E-state index in [2.05, 4.69) is 0 Å². The first-order chi connectivity index (χ1) is 21.2. The fourth-order valence-electron chi connectivity index (χ4n) is 4.84. The maximum Gasteiger partial charge on any atom is 0.460 e. The standard InChI is InChI=1S/C31H32F10O5/c1-4-5-8-21-17-27(3,46-25(21)42)26(43)45-23-11-9-19(15-18(23)2)20-10-12-24(22(32)16-20)44-14-7-6-13-28(33,34)29(35,36)30(37,38)31(39,40)41/h9-12,15-16,21H,4-8,13-14,17H2,1-3H3/t21-,27-/m0/s1. The van der Waals surface area contributed by atoms with Gasteiger partial charge in [-0.05, 0) is 74.1 Å². The molecule has 1 aliphatic rings. The average molecular weight is 675 g/mol. The number of carbonyl (C=O) groups is 2. The molecule has 1 saturated heterocycles. The first kappa shape index (κ1) is 36.9. The van der Waals surface area contributed by atoms with E-state index in [-0.39, 0.29) is 17.9 Å². The Morgan fingerprint density at radius 1 is 0.913 bits per heavy atom. The summed E-state index contributed by atoms with van der Waals surface area (Å²) in [6.45, 7) is 4.58. The largest absolute Gasteiger partial charge is 0.491 e. The number of cyclic esters (lactones) is 1. The fraction of sp³-hybridized carbons (Fsp3) is 0.548. The van der Waals surface area contributed by atoms with E-state index in [4.69, 9.17) is 14.2 Å². The molecule has 3 rings (SSSR count). The summed E-state index contributed by atoms with van der Waals surface area (Å²) in [5.74, 6) is -22.0. The summed E-state index contributed by atoms with van der Waals surface area (Å²) in [7, 11) is 0. The topological polar surface area (TPSA) is 61.8 Å². The van der Waals surface area contributed by atoms with E-state index in [0.717, 1.165) is 18.9 Å². The second-order valence-electron chi connectivity index (χ2n) is 11.4. The zero-order valence-corrected chi connectivity index (χ0v) is 25.0. The molecule has 0 aromatic heterocycles. The van der Waals surface area contributed by atoms with Gasteiger partial charge in [-0.2, -0.15) is 39.5 Å². The normalized spacial score (nSPS) is 19.2. The molecule has 1 fully saturated rings. The highest BCUT2D eigenvalue weighted by Crippen LogP contribution is 2.54. The predicted octanol–water partition coefficient (Wildman–Crippen LogP) is 9.24. The zero-order valence-electron chi connectivity index (χ0n) is 25.0. The number of halogens is 10. The van der Waals surface area contributed by atoms with Crippen LogP contribution in [0, 0.1) is 18.7 Å². The SMILES string of the molecule is CCCC[C@H]1C[C@@](C)(C(=O)Oc2ccc(-c3ccc(OCCCCC(F)(F)C(F)(F)C(F)(F)C(F)(F)F)c(F)c3)cc2C)OC1=O. The summed E-state index contributed by atoms with van der Waals surface area (Å²) in [4.78, 5) is 25.1. The van der Waals surface area contributed by atoms with Gasteiger partial charge in [0.25, 0.3) is 0 Å². The van der Waals surface area contributed by atoms with Gasteiger partial charge >= 0.3 is 35.9 Å². The van der Waals surface area contributed by atoms with E-state index >= 15 is 0 Å². The molecule has 46 heavy (non-hydrogen) atoms. The van der Waals surface area contributed by atoms with Gasteiger partial charge in [0.15, 0.2) is 11.6 Å². The summed E-state index contributed by atoms with van der Waals surface area (Å²) in [5.41, 5.74) is -0.0845. The summed E-state index contributed by atoms with van der Waals surface area (Å²) >= 11 is 0. The van der Waals surface area contributed by atoms with Crippen LogP contribution in [0.3, 0.4) is 0 Å². The second-order valence-corrected chi connectivity index (χ2v) is 11.4. The molecule has 2 atom stereocenters. The van der Waals surface area contributed by atoms with Crippen molar-refractivity contribution in [1.29, 1.82) is 0 Å². The molecule has 0 spiro atoms. The van der Waals surface area contributed by atoms with Crippen LogP contribution >= 0.6 is 0 Å². The molecule has 0 aliphatic carbocycles. The van der Waals surface area contributed by atoms with Crippen molar-refractivity contribution in [3.05, 3.63) is 47.8 Å². The van der Waals surface area contributed by atoms with Crippen molar-refractivity contribution in [2.45, 2.75) is 95.3 Å². The van der Waals surface area contributed by atoms with Crippen molar-refractivity contribution < 1.29 is 67.7 Å². The summed E-state index contributed by atoms with van der Waals surface area (Å²) in [6, 6.07) is 8.30. The van der Waals surface area contributed by atoms with Crippen LogP contribution in [0.15, 0.2) is 36.4 Å². The van der Waals surface area contributed by atoms with Gasteiger partial charge in [0.05, 0.1) is 12.5 Å². The number of hydrogen-bond donors (Lipinski definition) is 0. The third kappa shape index (κ3) is 7.71. The molecule has 1 heterocycles. The van der Waals surface area contributed by atoms with Crippen molar-refractivity contribution in [2.24, 2.45) is 5.92 Å². The summed E-state index contributed by atoms with van der Waals surface area (Å²) in [6.07, 6.45) is -7.79. The minimum absolute atomic E-state index is 0.189. The van der Waals surface area contributed by atoms with E-state index < -0.39 is 79.1 Å². The number of ether oxygens (including phenoxy) is 3. The number of carbonyl (C=O) groups excluding carboxylic acids is 2. The maximum absolute atomic E-state index is 14.7. The van der Waals surface area contributed by atoms with Gasteiger partial charge in [0.2, 0.25) is 5.60 Å². The third-order valence-electron chi connectivity index (χ3n) is 7.63. The minimum Gasteiger partial charge on any atom is -0.491 e. The lowest BCUT2D eigenvalue weighted by atomic mass is 9.92. The lowest BCUT2D eigenvalue weighted by molar-refractivity contribution is -0.396. The molecular formula is C31H32F10O5. The van der Waals surface area contributed by atoms with Gasteiger partial charge in [-0.15, -0.1) is 0 Å². The van der Waals surface area contributed by atoms with Gasteiger partial charge in [-0.3, -0.25) is 4.79 Å². The Morgan fingerprint density at radius 2 is 1.52 bits per heavy atom. The van der Waals surface area contributed by atoms with Crippen LogP contribution in [0.25, 0.3) is 11.1 Å². The first-order valence-corrected chi connectivity index (χ1v) is 14.4. The van der Waals surface area contributed by atoms with Gasteiger partial charge in [0, 0.05) is 12.8 Å². The number of hydrogen-bond acceptors (Lipinski definition) is 5.